The molecule has 4 heteroatoms. The van der Waals surface area contributed by atoms with Crippen molar-refractivity contribution >= 4 is 11.9 Å². The molecule has 1 aromatic rings. The Bertz CT molecular complexity index is 926. The van der Waals surface area contributed by atoms with Crippen LogP contribution in [0.5, 0.6) is 0 Å². The van der Waals surface area contributed by atoms with Gasteiger partial charge in [0.1, 0.15) is 11.2 Å². The average molecular weight is 378 g/mol. The summed E-state index contributed by atoms with van der Waals surface area (Å²) in [5.74, 6) is 0.555. The molecule has 0 amide bonds. The Morgan fingerprint density at radius 3 is 2.75 bits per heavy atom. The van der Waals surface area contributed by atoms with Crippen molar-refractivity contribution in [1.29, 1.82) is 0 Å². The molecule has 2 fully saturated rings. The zero-order valence-electron chi connectivity index (χ0n) is 16.5. The third-order valence-corrected chi connectivity index (χ3v) is 7.23. The van der Waals surface area contributed by atoms with Gasteiger partial charge in [0.05, 0.1) is 11.1 Å². The molecule has 2 heterocycles. The van der Waals surface area contributed by atoms with Crippen LogP contribution in [0, 0.1) is 17.3 Å². The van der Waals surface area contributed by atoms with Gasteiger partial charge in [-0.15, -0.1) is 0 Å². The minimum atomic E-state index is -0.838. The number of cyclic esters (lactones) is 1. The summed E-state index contributed by atoms with van der Waals surface area (Å²) in [6.45, 7) is 4.28. The molecule has 4 atom stereocenters. The molecule has 2 aliphatic heterocycles. The van der Waals surface area contributed by atoms with Crippen molar-refractivity contribution < 1.29 is 19.1 Å². The van der Waals surface area contributed by atoms with Crippen LogP contribution in [0.4, 0.5) is 0 Å². The summed E-state index contributed by atoms with van der Waals surface area (Å²) < 4.78 is 12.2. The van der Waals surface area contributed by atoms with Crippen LogP contribution in [0.1, 0.15) is 68.3 Å². The van der Waals surface area contributed by atoms with Crippen LogP contribution in [-0.2, 0) is 19.9 Å². The highest BCUT2D eigenvalue weighted by Crippen LogP contribution is 2.72. The van der Waals surface area contributed by atoms with Crippen LogP contribution in [0.3, 0.4) is 0 Å². The maximum atomic E-state index is 13.0. The summed E-state index contributed by atoms with van der Waals surface area (Å²) in [5.41, 5.74) is 0.766. The maximum absolute atomic E-state index is 13.0. The van der Waals surface area contributed by atoms with E-state index in [2.05, 4.69) is 26.0 Å². The lowest BCUT2D eigenvalue weighted by Gasteiger charge is -2.58. The highest BCUT2D eigenvalue weighted by molar-refractivity contribution is 5.99. The fraction of sp³-hybridized carbons (Fsp3) is 0.500. The molecule has 2 spiro atoms. The molecule has 5 aliphatic rings. The number of ether oxygens (including phenoxy) is 2. The number of benzene rings is 1. The van der Waals surface area contributed by atoms with Crippen molar-refractivity contribution in [1.82, 2.24) is 0 Å². The minimum Gasteiger partial charge on any atom is -0.449 e. The standard InChI is InChI=1S/C24H26O4/c1-3-5-11-20-23-13-12-15(14-19(23)22(26)27-20)17(8-4-2)24(23)18-10-7-6-9-16(18)21(25)28-24/h6-7,9-11,14-15,17H,3-5,8,12-13H2,1-2H3/b20-11-/t15-,17+,23+,24-/m0/s1. The Morgan fingerprint density at radius 2 is 1.96 bits per heavy atom. The Morgan fingerprint density at radius 1 is 1.14 bits per heavy atom. The topological polar surface area (TPSA) is 52.6 Å². The van der Waals surface area contributed by atoms with Gasteiger partial charge in [-0.05, 0) is 43.7 Å². The van der Waals surface area contributed by atoms with Crippen LogP contribution in [-0.4, -0.2) is 11.9 Å². The summed E-state index contributed by atoms with van der Waals surface area (Å²) in [6.07, 6.45) is 9.74. The van der Waals surface area contributed by atoms with Gasteiger partial charge in [0.25, 0.3) is 0 Å². The number of allylic oxidation sites excluding steroid dienone is 2. The number of fused-ring (bicyclic) bond motifs is 2. The second-order valence-electron chi connectivity index (χ2n) is 8.50. The summed E-state index contributed by atoms with van der Waals surface area (Å²) in [4.78, 5) is 25.9. The van der Waals surface area contributed by atoms with E-state index in [0.717, 1.165) is 44.1 Å². The number of carbonyl (C=O) groups excluding carboxylic acids is 2. The highest BCUT2D eigenvalue weighted by Gasteiger charge is 2.75. The van der Waals surface area contributed by atoms with Gasteiger partial charge >= 0.3 is 11.9 Å². The Hall–Kier alpha value is -2.36. The summed E-state index contributed by atoms with van der Waals surface area (Å²) in [7, 11) is 0. The number of unbranched alkanes of at least 4 members (excludes halogenated alkanes) is 1. The lowest BCUT2D eigenvalue weighted by atomic mass is 9.46. The number of esters is 2. The number of hydrogen-bond donors (Lipinski definition) is 0. The van der Waals surface area contributed by atoms with Gasteiger partial charge in [0.15, 0.2) is 5.60 Å². The summed E-state index contributed by atoms with van der Waals surface area (Å²) >= 11 is 0. The van der Waals surface area contributed by atoms with Gasteiger partial charge in [-0.25, -0.2) is 9.59 Å². The Balaban J connectivity index is 1.83. The number of rotatable bonds is 4. The molecule has 146 valence electrons. The summed E-state index contributed by atoms with van der Waals surface area (Å²) in [5, 5.41) is 0. The molecule has 1 aromatic carbocycles. The van der Waals surface area contributed by atoms with Crippen molar-refractivity contribution in [3.8, 4) is 0 Å². The first-order valence-electron chi connectivity index (χ1n) is 10.6. The third kappa shape index (κ3) is 1.91. The van der Waals surface area contributed by atoms with Gasteiger partial charge in [-0.2, -0.15) is 0 Å². The third-order valence-electron chi connectivity index (χ3n) is 7.23. The normalized spacial score (nSPS) is 36.4. The predicted octanol–water partition coefficient (Wildman–Crippen LogP) is 5.05. The first-order valence-corrected chi connectivity index (χ1v) is 10.6. The van der Waals surface area contributed by atoms with Crippen LogP contribution < -0.4 is 0 Å². The molecule has 0 aromatic heterocycles. The molecular weight excluding hydrogens is 352 g/mol. The monoisotopic (exact) mass is 378 g/mol. The van der Waals surface area contributed by atoms with E-state index in [1.54, 1.807) is 0 Å². The van der Waals surface area contributed by atoms with E-state index in [1.807, 2.05) is 24.3 Å². The van der Waals surface area contributed by atoms with Crippen molar-refractivity contribution in [3.63, 3.8) is 0 Å². The van der Waals surface area contributed by atoms with Crippen LogP contribution >= 0.6 is 0 Å². The second kappa shape index (κ2) is 6.07. The van der Waals surface area contributed by atoms with Gasteiger partial charge in [-0.1, -0.05) is 51.0 Å². The second-order valence-corrected chi connectivity index (χ2v) is 8.50. The molecule has 0 radical (unpaired) electrons. The van der Waals surface area contributed by atoms with Gasteiger partial charge in [-0.3, -0.25) is 0 Å². The quantitative estimate of drug-likeness (QED) is 0.688. The lowest BCUT2D eigenvalue weighted by Crippen LogP contribution is -2.59. The fourth-order valence-corrected chi connectivity index (χ4v) is 6.26. The summed E-state index contributed by atoms with van der Waals surface area (Å²) in [6, 6.07) is 7.73. The van der Waals surface area contributed by atoms with E-state index in [9.17, 15) is 9.59 Å². The van der Waals surface area contributed by atoms with Crippen molar-refractivity contribution in [3.05, 3.63) is 58.9 Å². The molecule has 0 unspecified atom stereocenters. The molecule has 1 saturated heterocycles. The molecule has 1 saturated carbocycles. The van der Waals surface area contributed by atoms with E-state index >= 15 is 0 Å². The smallest absolute Gasteiger partial charge is 0.340 e. The molecule has 2 bridgehead atoms. The molecule has 3 aliphatic carbocycles. The fourth-order valence-electron chi connectivity index (χ4n) is 6.26. The minimum absolute atomic E-state index is 0.155. The first kappa shape index (κ1) is 17.7. The molecule has 4 nitrogen and oxygen atoms in total. The van der Waals surface area contributed by atoms with Crippen molar-refractivity contribution in [2.75, 3.05) is 0 Å². The van der Waals surface area contributed by atoms with E-state index in [1.165, 1.54) is 0 Å². The largest absolute Gasteiger partial charge is 0.449 e. The maximum Gasteiger partial charge on any atom is 0.340 e. The zero-order chi connectivity index (χ0) is 19.5. The van der Waals surface area contributed by atoms with Crippen molar-refractivity contribution in [2.45, 2.75) is 58.0 Å². The van der Waals surface area contributed by atoms with Gasteiger partial charge < -0.3 is 9.47 Å². The highest BCUT2D eigenvalue weighted by atomic mass is 16.6. The average Bonchev–Trinajstić information content (AvgIpc) is 3.17. The van der Waals surface area contributed by atoms with E-state index in [-0.39, 0.29) is 23.8 Å². The molecular formula is C24H26O4. The lowest BCUT2D eigenvalue weighted by molar-refractivity contribution is -0.152. The number of carbonyl (C=O) groups is 2. The SMILES string of the molecule is CCC/C=C1\OC(=O)C2=C[C@@H]3CC[C@@]21[C@]1(OC(=O)c2ccccc21)[C@@H]3CCC. The Kier molecular flexibility index (Phi) is 3.84. The van der Waals surface area contributed by atoms with Crippen molar-refractivity contribution in [2.24, 2.45) is 17.3 Å². The zero-order valence-corrected chi connectivity index (χ0v) is 16.5. The molecule has 6 rings (SSSR count). The van der Waals surface area contributed by atoms with E-state index < -0.39 is 11.0 Å². The Labute approximate surface area is 165 Å². The van der Waals surface area contributed by atoms with Gasteiger partial charge in [0.2, 0.25) is 0 Å². The van der Waals surface area contributed by atoms with Crippen LogP contribution in [0.2, 0.25) is 0 Å². The molecule has 0 N–H and O–H groups in total. The van der Waals surface area contributed by atoms with E-state index in [4.69, 9.17) is 9.47 Å². The number of hydrogen-bond acceptors (Lipinski definition) is 4. The predicted molar refractivity (Wildman–Crippen MR) is 104 cm³/mol. The first-order chi connectivity index (χ1) is 13.6. The molecule has 28 heavy (non-hydrogen) atoms. The van der Waals surface area contributed by atoms with Crippen LogP contribution in [0.25, 0.3) is 0 Å². The van der Waals surface area contributed by atoms with E-state index in [0.29, 0.717) is 16.9 Å². The van der Waals surface area contributed by atoms with Gasteiger partial charge in [0, 0.05) is 11.5 Å². The van der Waals surface area contributed by atoms with Crippen LogP contribution in [0.15, 0.2) is 47.7 Å².